The molecule has 1 aromatic heterocycles. The number of benzene rings is 2. The fourth-order valence-electron chi connectivity index (χ4n) is 2.71. The molecule has 2 aromatic carbocycles. The SMILES string of the molecule is C=CCn1c(SCC(=O)N(C)c2ccccc2)nnc1-c1cccc(C)c1. The van der Waals surface area contributed by atoms with E-state index >= 15 is 0 Å². The van der Waals surface area contributed by atoms with Gasteiger partial charge in [0.25, 0.3) is 0 Å². The van der Waals surface area contributed by atoms with Crippen LogP contribution in [0, 0.1) is 6.92 Å². The second-order valence-electron chi connectivity index (χ2n) is 6.15. The zero-order valence-corrected chi connectivity index (χ0v) is 16.3. The van der Waals surface area contributed by atoms with E-state index < -0.39 is 0 Å². The van der Waals surface area contributed by atoms with Crippen LogP contribution in [0.2, 0.25) is 0 Å². The van der Waals surface area contributed by atoms with Gasteiger partial charge >= 0.3 is 0 Å². The van der Waals surface area contributed by atoms with E-state index in [1.165, 1.54) is 11.8 Å². The Hall–Kier alpha value is -2.86. The summed E-state index contributed by atoms with van der Waals surface area (Å²) in [6.45, 7) is 6.46. The molecule has 3 rings (SSSR count). The summed E-state index contributed by atoms with van der Waals surface area (Å²) in [4.78, 5) is 14.2. The molecule has 0 unspecified atom stereocenters. The van der Waals surface area contributed by atoms with Crippen molar-refractivity contribution in [2.24, 2.45) is 0 Å². The van der Waals surface area contributed by atoms with Crippen molar-refractivity contribution < 1.29 is 4.79 Å². The van der Waals surface area contributed by atoms with Gasteiger partial charge in [0.2, 0.25) is 5.91 Å². The zero-order chi connectivity index (χ0) is 19.2. The van der Waals surface area contributed by atoms with E-state index in [-0.39, 0.29) is 11.7 Å². The molecule has 1 amide bonds. The maximum atomic E-state index is 12.5. The molecule has 5 nitrogen and oxygen atoms in total. The van der Waals surface area contributed by atoms with Gasteiger partial charge in [-0.3, -0.25) is 9.36 Å². The lowest BCUT2D eigenvalue weighted by atomic mass is 10.1. The van der Waals surface area contributed by atoms with Crippen LogP contribution in [0.4, 0.5) is 5.69 Å². The second-order valence-corrected chi connectivity index (χ2v) is 7.09. The fourth-order valence-corrected chi connectivity index (χ4v) is 3.57. The van der Waals surface area contributed by atoms with Gasteiger partial charge < -0.3 is 4.90 Å². The van der Waals surface area contributed by atoms with Crippen LogP contribution in [0.5, 0.6) is 0 Å². The van der Waals surface area contributed by atoms with E-state index in [2.05, 4.69) is 22.8 Å². The number of nitrogens with zero attached hydrogens (tertiary/aromatic N) is 4. The Balaban J connectivity index is 1.77. The van der Waals surface area contributed by atoms with Crippen LogP contribution in [0.1, 0.15) is 5.56 Å². The summed E-state index contributed by atoms with van der Waals surface area (Å²) in [5.74, 6) is 1.08. The number of thioether (sulfide) groups is 1. The third-order valence-corrected chi connectivity index (χ3v) is 5.10. The number of para-hydroxylation sites is 1. The Kier molecular flexibility index (Phi) is 6.08. The molecule has 0 atom stereocenters. The number of carbonyl (C=O) groups excluding carboxylic acids is 1. The Bertz CT molecular complexity index is 936. The lowest BCUT2D eigenvalue weighted by molar-refractivity contribution is -0.115. The van der Waals surface area contributed by atoms with Gasteiger partial charge in [0.05, 0.1) is 5.75 Å². The molecule has 0 aliphatic carbocycles. The molecule has 3 aromatic rings. The van der Waals surface area contributed by atoms with Crippen LogP contribution < -0.4 is 4.90 Å². The van der Waals surface area contributed by atoms with Gasteiger partial charge in [0, 0.05) is 24.8 Å². The topological polar surface area (TPSA) is 51.0 Å². The first kappa shape index (κ1) is 18.9. The van der Waals surface area contributed by atoms with Crippen molar-refractivity contribution in [3.05, 3.63) is 72.8 Å². The Morgan fingerprint density at radius 2 is 1.96 bits per heavy atom. The van der Waals surface area contributed by atoms with Crippen molar-refractivity contribution in [1.29, 1.82) is 0 Å². The molecule has 1 heterocycles. The first-order valence-corrected chi connectivity index (χ1v) is 9.64. The molecule has 27 heavy (non-hydrogen) atoms. The monoisotopic (exact) mass is 378 g/mol. The number of allylic oxidation sites excluding steroid dienone is 1. The van der Waals surface area contributed by atoms with Gasteiger partial charge in [-0.15, -0.1) is 16.8 Å². The Morgan fingerprint density at radius 3 is 2.67 bits per heavy atom. The number of hydrogen-bond acceptors (Lipinski definition) is 4. The van der Waals surface area contributed by atoms with Gasteiger partial charge in [0.1, 0.15) is 0 Å². The van der Waals surface area contributed by atoms with Gasteiger partial charge in [-0.05, 0) is 25.1 Å². The van der Waals surface area contributed by atoms with E-state index in [4.69, 9.17) is 0 Å². The minimum atomic E-state index is 0.0106. The van der Waals surface area contributed by atoms with Crippen molar-refractivity contribution in [3.8, 4) is 11.4 Å². The highest BCUT2D eigenvalue weighted by Gasteiger charge is 2.17. The molecule has 0 spiro atoms. The highest BCUT2D eigenvalue weighted by atomic mass is 32.2. The van der Waals surface area contributed by atoms with E-state index in [0.29, 0.717) is 11.7 Å². The number of carbonyl (C=O) groups is 1. The van der Waals surface area contributed by atoms with E-state index in [9.17, 15) is 4.79 Å². The smallest absolute Gasteiger partial charge is 0.237 e. The van der Waals surface area contributed by atoms with E-state index in [1.54, 1.807) is 11.9 Å². The minimum absolute atomic E-state index is 0.0106. The molecular formula is C21H22N4OS. The molecule has 0 radical (unpaired) electrons. The standard InChI is InChI=1S/C21H22N4OS/c1-4-13-25-20(17-10-8-9-16(2)14-17)22-23-21(25)27-15-19(26)24(3)18-11-6-5-7-12-18/h4-12,14H,1,13,15H2,2-3H3. The largest absolute Gasteiger partial charge is 0.315 e. The summed E-state index contributed by atoms with van der Waals surface area (Å²) >= 11 is 1.39. The molecule has 0 bridgehead atoms. The first-order chi connectivity index (χ1) is 13.1. The summed E-state index contributed by atoms with van der Waals surface area (Å²) < 4.78 is 1.99. The molecule has 0 aliphatic heterocycles. The predicted molar refractivity (Wildman–Crippen MR) is 111 cm³/mol. The van der Waals surface area contributed by atoms with Gasteiger partial charge in [-0.25, -0.2) is 0 Å². The van der Waals surface area contributed by atoms with E-state index in [1.807, 2.05) is 66.1 Å². The normalized spacial score (nSPS) is 10.6. The molecule has 0 aliphatic rings. The lowest BCUT2D eigenvalue weighted by Crippen LogP contribution is -2.27. The van der Waals surface area contributed by atoms with Gasteiger partial charge in [-0.2, -0.15) is 0 Å². The van der Waals surface area contributed by atoms with Crippen LogP contribution in [0.25, 0.3) is 11.4 Å². The molecule has 0 saturated heterocycles. The van der Waals surface area contributed by atoms with E-state index in [0.717, 1.165) is 22.6 Å². The van der Waals surface area contributed by atoms with Crippen LogP contribution in [-0.4, -0.2) is 33.5 Å². The number of hydrogen-bond donors (Lipinski definition) is 0. The van der Waals surface area contributed by atoms with Crippen molar-refractivity contribution >= 4 is 23.4 Å². The Labute approximate surface area is 163 Å². The van der Waals surface area contributed by atoms with Gasteiger partial charge in [0.15, 0.2) is 11.0 Å². The molecule has 0 saturated carbocycles. The highest BCUT2D eigenvalue weighted by molar-refractivity contribution is 7.99. The highest BCUT2D eigenvalue weighted by Crippen LogP contribution is 2.25. The van der Waals surface area contributed by atoms with Crippen molar-refractivity contribution in [3.63, 3.8) is 0 Å². The molecule has 138 valence electrons. The maximum Gasteiger partial charge on any atom is 0.237 e. The third kappa shape index (κ3) is 4.46. The van der Waals surface area contributed by atoms with Crippen LogP contribution in [0.15, 0.2) is 72.4 Å². The van der Waals surface area contributed by atoms with Gasteiger partial charge in [-0.1, -0.05) is 59.8 Å². The quantitative estimate of drug-likeness (QED) is 0.457. The minimum Gasteiger partial charge on any atom is -0.315 e. The summed E-state index contributed by atoms with van der Waals surface area (Å²) in [7, 11) is 1.78. The average Bonchev–Trinajstić information content (AvgIpc) is 3.09. The number of anilines is 1. The fraction of sp³-hybridized carbons (Fsp3) is 0.190. The van der Waals surface area contributed by atoms with Crippen LogP contribution in [0.3, 0.4) is 0 Å². The molecular weight excluding hydrogens is 356 g/mol. The zero-order valence-electron chi connectivity index (χ0n) is 15.5. The molecule has 0 N–H and O–H groups in total. The molecule has 6 heteroatoms. The number of amides is 1. The molecule has 0 fully saturated rings. The van der Waals surface area contributed by atoms with Crippen molar-refractivity contribution in [2.45, 2.75) is 18.6 Å². The first-order valence-electron chi connectivity index (χ1n) is 8.65. The second kappa shape index (κ2) is 8.68. The summed E-state index contributed by atoms with van der Waals surface area (Å²) in [6, 6.07) is 17.7. The number of aryl methyl sites for hydroxylation is 1. The van der Waals surface area contributed by atoms with Crippen LogP contribution in [-0.2, 0) is 11.3 Å². The maximum absolute atomic E-state index is 12.5. The van der Waals surface area contributed by atoms with Crippen molar-refractivity contribution in [2.75, 3.05) is 17.7 Å². The van der Waals surface area contributed by atoms with Crippen LogP contribution >= 0.6 is 11.8 Å². The number of rotatable bonds is 7. The lowest BCUT2D eigenvalue weighted by Gasteiger charge is -2.17. The average molecular weight is 379 g/mol. The predicted octanol–water partition coefficient (Wildman–Crippen LogP) is 4.19. The Morgan fingerprint density at radius 1 is 1.19 bits per heavy atom. The third-order valence-electron chi connectivity index (χ3n) is 4.15. The summed E-state index contributed by atoms with van der Waals surface area (Å²) in [5.41, 5.74) is 3.04. The number of aromatic nitrogens is 3. The summed E-state index contributed by atoms with van der Waals surface area (Å²) in [5, 5.41) is 9.36. The summed E-state index contributed by atoms with van der Waals surface area (Å²) in [6.07, 6.45) is 1.81. The van der Waals surface area contributed by atoms with Crippen molar-refractivity contribution in [1.82, 2.24) is 14.8 Å².